The molecule has 0 atom stereocenters. The first kappa shape index (κ1) is 26.0. The molecule has 0 radical (unpaired) electrons. The molecule has 2 aromatic rings. The number of methoxy groups -OCH3 is 1. The molecule has 0 unspecified atom stereocenters. The van der Waals surface area contributed by atoms with Crippen LogP contribution in [0.5, 0.6) is 5.88 Å². The van der Waals surface area contributed by atoms with Gasteiger partial charge in [0.05, 0.1) is 20.3 Å². The van der Waals surface area contributed by atoms with E-state index < -0.39 is 12.8 Å². The molecule has 166 valence electrons. The number of nitrogens with one attached hydrogen (secondary N) is 2. The van der Waals surface area contributed by atoms with Gasteiger partial charge in [0.15, 0.2) is 5.96 Å². The van der Waals surface area contributed by atoms with E-state index in [2.05, 4.69) is 25.3 Å². The fourth-order valence-corrected chi connectivity index (χ4v) is 2.40. The Hall–Kier alpha value is -2.08. The van der Waals surface area contributed by atoms with Crippen LogP contribution >= 0.6 is 24.0 Å². The molecule has 6 nitrogen and oxygen atoms in total. The molecule has 1 aromatic heterocycles. The fraction of sp³-hybridized carbons (Fsp3) is 0.400. The number of halogens is 4. The Morgan fingerprint density at radius 3 is 2.40 bits per heavy atom. The summed E-state index contributed by atoms with van der Waals surface area (Å²) in [7, 11) is 1.56. The van der Waals surface area contributed by atoms with E-state index in [1.54, 1.807) is 25.4 Å². The summed E-state index contributed by atoms with van der Waals surface area (Å²) in [6.45, 7) is 2.34. The second-order valence-electron chi connectivity index (χ2n) is 6.18. The van der Waals surface area contributed by atoms with Gasteiger partial charge in [0.2, 0.25) is 5.88 Å². The van der Waals surface area contributed by atoms with Gasteiger partial charge in [-0.1, -0.05) is 24.3 Å². The van der Waals surface area contributed by atoms with E-state index in [0.29, 0.717) is 37.0 Å². The highest BCUT2D eigenvalue weighted by molar-refractivity contribution is 14.0. The normalized spacial score (nSPS) is 11.6. The number of ether oxygens (including phenoxy) is 2. The van der Waals surface area contributed by atoms with Crippen molar-refractivity contribution in [2.45, 2.75) is 32.8 Å². The quantitative estimate of drug-likeness (QED) is 0.287. The van der Waals surface area contributed by atoms with Crippen molar-refractivity contribution in [1.82, 2.24) is 15.6 Å². The molecule has 0 aliphatic rings. The number of nitrogens with zero attached hydrogens (tertiary/aromatic N) is 2. The highest BCUT2D eigenvalue weighted by Crippen LogP contribution is 2.16. The van der Waals surface area contributed by atoms with Gasteiger partial charge in [0, 0.05) is 25.4 Å². The van der Waals surface area contributed by atoms with Gasteiger partial charge in [-0.2, -0.15) is 13.2 Å². The van der Waals surface area contributed by atoms with E-state index in [4.69, 9.17) is 4.74 Å². The van der Waals surface area contributed by atoms with Crippen LogP contribution in [0.4, 0.5) is 13.2 Å². The van der Waals surface area contributed by atoms with E-state index in [1.807, 2.05) is 31.2 Å². The number of benzene rings is 1. The van der Waals surface area contributed by atoms with Crippen LogP contribution in [0.1, 0.15) is 23.6 Å². The predicted molar refractivity (Wildman–Crippen MR) is 120 cm³/mol. The van der Waals surface area contributed by atoms with Crippen LogP contribution in [0.15, 0.2) is 47.6 Å². The van der Waals surface area contributed by atoms with Gasteiger partial charge in [0.25, 0.3) is 0 Å². The Morgan fingerprint density at radius 1 is 1.07 bits per heavy atom. The number of guanidine groups is 1. The van der Waals surface area contributed by atoms with E-state index in [0.717, 1.165) is 11.1 Å². The zero-order chi connectivity index (χ0) is 21.1. The zero-order valence-electron chi connectivity index (χ0n) is 16.8. The lowest BCUT2D eigenvalue weighted by molar-refractivity contribution is -0.176. The summed E-state index contributed by atoms with van der Waals surface area (Å²) in [5, 5.41) is 6.40. The number of hydrogen-bond donors (Lipinski definition) is 2. The Balaban J connectivity index is 0.00000450. The first-order valence-corrected chi connectivity index (χ1v) is 9.13. The van der Waals surface area contributed by atoms with Crippen molar-refractivity contribution in [1.29, 1.82) is 0 Å². The van der Waals surface area contributed by atoms with Gasteiger partial charge in [-0.15, -0.1) is 24.0 Å². The molecule has 0 saturated carbocycles. The molecule has 0 saturated heterocycles. The van der Waals surface area contributed by atoms with Gasteiger partial charge < -0.3 is 20.1 Å². The number of pyridine rings is 1. The first-order valence-electron chi connectivity index (χ1n) is 9.13. The molecule has 0 aliphatic carbocycles. The van der Waals surface area contributed by atoms with Crippen LogP contribution in [0.25, 0.3) is 0 Å². The summed E-state index contributed by atoms with van der Waals surface area (Å²) in [6.07, 6.45) is -2.64. The van der Waals surface area contributed by atoms with Crippen LogP contribution < -0.4 is 15.4 Å². The molecule has 30 heavy (non-hydrogen) atoms. The predicted octanol–water partition coefficient (Wildman–Crippen LogP) is 4.04. The third kappa shape index (κ3) is 10.1. The van der Waals surface area contributed by atoms with Gasteiger partial charge in [-0.25, -0.2) is 9.98 Å². The minimum atomic E-state index is -4.31. The molecule has 0 bridgehead atoms. The third-order valence-corrected chi connectivity index (χ3v) is 3.79. The lowest BCUT2D eigenvalue weighted by Crippen LogP contribution is -2.36. The van der Waals surface area contributed by atoms with Gasteiger partial charge in [-0.3, -0.25) is 0 Å². The SMILES string of the molecule is CCNC(=NCc1ccnc(OC)c1)NCc1ccc(COCC(F)(F)F)cc1.I. The van der Waals surface area contributed by atoms with Crippen LogP contribution in [0, 0.1) is 0 Å². The summed E-state index contributed by atoms with van der Waals surface area (Å²) >= 11 is 0. The topological polar surface area (TPSA) is 67.8 Å². The van der Waals surface area contributed by atoms with E-state index in [1.165, 1.54) is 0 Å². The summed E-state index contributed by atoms with van der Waals surface area (Å²) in [5.74, 6) is 1.19. The van der Waals surface area contributed by atoms with Crippen molar-refractivity contribution in [3.63, 3.8) is 0 Å². The summed E-state index contributed by atoms with van der Waals surface area (Å²) in [4.78, 5) is 8.61. The van der Waals surface area contributed by atoms with E-state index in [9.17, 15) is 13.2 Å². The summed E-state index contributed by atoms with van der Waals surface area (Å²) in [5.41, 5.74) is 2.63. The Labute approximate surface area is 191 Å². The highest BCUT2D eigenvalue weighted by atomic mass is 127. The first-order chi connectivity index (χ1) is 13.9. The maximum absolute atomic E-state index is 12.1. The largest absolute Gasteiger partial charge is 0.481 e. The molecule has 2 rings (SSSR count). The second-order valence-corrected chi connectivity index (χ2v) is 6.18. The van der Waals surface area contributed by atoms with Gasteiger partial charge >= 0.3 is 6.18 Å². The molecule has 0 spiro atoms. The van der Waals surface area contributed by atoms with Crippen molar-refractivity contribution in [2.75, 3.05) is 20.3 Å². The number of rotatable bonds is 9. The molecule has 2 N–H and O–H groups in total. The average Bonchev–Trinajstić information content (AvgIpc) is 2.70. The van der Waals surface area contributed by atoms with Crippen LogP contribution in [0.3, 0.4) is 0 Å². The summed E-state index contributed by atoms with van der Waals surface area (Å²) in [6, 6.07) is 10.9. The van der Waals surface area contributed by atoms with Gasteiger partial charge in [-0.05, 0) is 29.7 Å². The van der Waals surface area contributed by atoms with Crippen molar-refractivity contribution in [3.05, 3.63) is 59.3 Å². The maximum atomic E-state index is 12.1. The molecular weight excluding hydrogens is 512 g/mol. The molecule has 1 aromatic carbocycles. The third-order valence-electron chi connectivity index (χ3n) is 3.79. The minimum absolute atomic E-state index is 0. The van der Waals surface area contributed by atoms with Gasteiger partial charge in [0.1, 0.15) is 6.61 Å². The highest BCUT2D eigenvalue weighted by Gasteiger charge is 2.27. The standard InChI is InChI=1S/C20H25F3N4O2.HI/c1-3-24-19(27-12-17-8-9-25-18(10-17)28-2)26-11-15-4-6-16(7-5-15)13-29-14-20(21,22)23;/h4-10H,3,11-14H2,1-2H3,(H2,24,26,27);1H. The smallest absolute Gasteiger partial charge is 0.411 e. The number of alkyl halides is 3. The lowest BCUT2D eigenvalue weighted by Gasteiger charge is -2.12. The van der Waals surface area contributed by atoms with E-state index >= 15 is 0 Å². The van der Waals surface area contributed by atoms with Crippen molar-refractivity contribution in [3.8, 4) is 5.88 Å². The molecule has 10 heteroatoms. The van der Waals surface area contributed by atoms with Crippen LogP contribution in [-0.4, -0.2) is 37.4 Å². The number of aliphatic imine (C=N–C) groups is 1. The number of aromatic nitrogens is 1. The maximum Gasteiger partial charge on any atom is 0.411 e. The van der Waals surface area contributed by atoms with Crippen LogP contribution in [-0.2, 0) is 24.4 Å². The van der Waals surface area contributed by atoms with E-state index in [-0.39, 0.29) is 30.6 Å². The monoisotopic (exact) mass is 538 g/mol. The zero-order valence-corrected chi connectivity index (χ0v) is 19.2. The Bertz CT molecular complexity index is 786. The van der Waals surface area contributed by atoms with Crippen LogP contribution in [0.2, 0.25) is 0 Å². The molecule has 0 aliphatic heterocycles. The summed E-state index contributed by atoms with van der Waals surface area (Å²) < 4.78 is 46.1. The van der Waals surface area contributed by atoms with Crippen molar-refractivity contribution in [2.24, 2.45) is 4.99 Å². The average molecular weight is 538 g/mol. The molecule has 1 heterocycles. The van der Waals surface area contributed by atoms with Crippen molar-refractivity contribution >= 4 is 29.9 Å². The molecular formula is C20H26F3IN4O2. The fourth-order valence-electron chi connectivity index (χ4n) is 2.40. The lowest BCUT2D eigenvalue weighted by atomic mass is 10.1. The molecule has 0 fully saturated rings. The number of hydrogen-bond acceptors (Lipinski definition) is 4. The second kappa shape index (κ2) is 13.3. The van der Waals surface area contributed by atoms with Crippen molar-refractivity contribution < 1.29 is 22.6 Å². The Morgan fingerprint density at radius 2 is 1.77 bits per heavy atom. The minimum Gasteiger partial charge on any atom is -0.481 e. The molecule has 0 amide bonds. The Kier molecular flexibility index (Phi) is 11.5.